The first kappa shape index (κ1) is 12.3. The van der Waals surface area contributed by atoms with Crippen LogP contribution in [0.15, 0.2) is 0 Å². The van der Waals surface area contributed by atoms with Gasteiger partial charge in [-0.15, -0.1) is 0 Å². The summed E-state index contributed by atoms with van der Waals surface area (Å²) in [6.07, 6.45) is 4.53. The van der Waals surface area contributed by atoms with Crippen LogP contribution in [0.5, 0.6) is 0 Å². The third-order valence-corrected chi connectivity index (χ3v) is 4.27. The van der Waals surface area contributed by atoms with E-state index in [2.05, 4.69) is 30.9 Å². The molecule has 1 heterocycles. The minimum absolute atomic E-state index is 0.140. The summed E-state index contributed by atoms with van der Waals surface area (Å²) in [5.74, 6) is 2.58. The third kappa shape index (κ3) is 3.79. The van der Waals surface area contributed by atoms with E-state index in [0.29, 0.717) is 12.6 Å². The Morgan fingerprint density at radius 2 is 2.07 bits per heavy atom. The average Bonchev–Trinajstić information content (AvgIpc) is 2.20. The Morgan fingerprint density at radius 3 is 2.57 bits per heavy atom. The number of hydrogen-bond acceptors (Lipinski definition) is 3. The van der Waals surface area contributed by atoms with Crippen molar-refractivity contribution in [1.82, 2.24) is 5.32 Å². The molecule has 0 bridgehead atoms. The Hall–Kier alpha value is 0.270. The zero-order chi connectivity index (χ0) is 10.4. The Balaban J connectivity index is 2.37. The number of aliphatic hydroxyl groups excluding tert-OH is 1. The van der Waals surface area contributed by atoms with Crippen molar-refractivity contribution in [2.75, 3.05) is 18.1 Å². The van der Waals surface area contributed by atoms with Gasteiger partial charge in [0.05, 0.1) is 0 Å². The van der Waals surface area contributed by atoms with Crippen molar-refractivity contribution in [2.24, 2.45) is 0 Å². The summed E-state index contributed by atoms with van der Waals surface area (Å²) in [4.78, 5) is 0. The Morgan fingerprint density at radius 1 is 1.43 bits per heavy atom. The Labute approximate surface area is 91.9 Å². The largest absolute Gasteiger partial charge is 0.396 e. The van der Waals surface area contributed by atoms with Gasteiger partial charge in [-0.25, -0.2) is 0 Å². The highest BCUT2D eigenvalue weighted by molar-refractivity contribution is 7.99. The van der Waals surface area contributed by atoms with E-state index in [9.17, 15) is 0 Å². The predicted octanol–water partition coefficient (Wildman–Crippen LogP) is 2.02. The molecule has 1 saturated heterocycles. The summed E-state index contributed by atoms with van der Waals surface area (Å²) < 4.78 is 0. The molecule has 2 nitrogen and oxygen atoms in total. The molecule has 0 aromatic rings. The average molecular weight is 217 g/mol. The molecule has 0 spiro atoms. The lowest BCUT2D eigenvalue weighted by atomic mass is 9.93. The summed E-state index contributed by atoms with van der Waals surface area (Å²) in [6.45, 7) is 4.71. The molecule has 14 heavy (non-hydrogen) atoms. The van der Waals surface area contributed by atoms with Crippen LogP contribution in [0.2, 0.25) is 0 Å². The van der Waals surface area contributed by atoms with E-state index in [1.54, 1.807) is 0 Å². The van der Waals surface area contributed by atoms with Crippen LogP contribution in [0.4, 0.5) is 0 Å². The summed E-state index contributed by atoms with van der Waals surface area (Å²) in [5, 5.41) is 12.7. The van der Waals surface area contributed by atoms with Crippen LogP contribution in [0.25, 0.3) is 0 Å². The molecule has 1 rings (SSSR count). The fraction of sp³-hybridized carbons (Fsp3) is 1.00. The van der Waals surface area contributed by atoms with E-state index in [1.165, 1.54) is 24.3 Å². The first-order valence-corrected chi connectivity index (χ1v) is 6.82. The molecule has 0 aliphatic carbocycles. The topological polar surface area (TPSA) is 32.3 Å². The summed E-state index contributed by atoms with van der Waals surface area (Å²) in [7, 11) is 0. The van der Waals surface area contributed by atoms with Crippen LogP contribution >= 0.6 is 11.8 Å². The summed E-state index contributed by atoms with van der Waals surface area (Å²) >= 11 is 2.06. The van der Waals surface area contributed by atoms with Gasteiger partial charge in [-0.1, -0.05) is 6.92 Å². The maximum absolute atomic E-state index is 9.02. The lowest BCUT2D eigenvalue weighted by Gasteiger charge is -2.35. The van der Waals surface area contributed by atoms with Gasteiger partial charge in [0, 0.05) is 18.2 Å². The fourth-order valence-corrected chi connectivity index (χ4v) is 3.04. The van der Waals surface area contributed by atoms with Crippen molar-refractivity contribution in [3.05, 3.63) is 0 Å². The second kappa shape index (κ2) is 5.99. The van der Waals surface area contributed by atoms with Gasteiger partial charge in [0.15, 0.2) is 0 Å². The van der Waals surface area contributed by atoms with Crippen molar-refractivity contribution < 1.29 is 5.11 Å². The summed E-state index contributed by atoms with van der Waals surface area (Å²) in [6, 6.07) is 0.674. The molecular weight excluding hydrogens is 194 g/mol. The van der Waals surface area contributed by atoms with Gasteiger partial charge in [0.25, 0.3) is 0 Å². The predicted molar refractivity (Wildman–Crippen MR) is 63.9 cm³/mol. The molecule has 0 radical (unpaired) electrons. The molecule has 2 N–H and O–H groups in total. The van der Waals surface area contributed by atoms with Crippen LogP contribution < -0.4 is 5.32 Å². The second-order valence-corrected chi connectivity index (χ2v) is 5.64. The van der Waals surface area contributed by atoms with Crippen LogP contribution in [0.3, 0.4) is 0 Å². The minimum atomic E-state index is 0.140. The van der Waals surface area contributed by atoms with Crippen LogP contribution in [-0.4, -0.2) is 34.8 Å². The lowest BCUT2D eigenvalue weighted by molar-refractivity contribution is 0.199. The first-order valence-electron chi connectivity index (χ1n) is 5.66. The molecule has 1 aliphatic heterocycles. The molecule has 0 aromatic carbocycles. The number of aliphatic hydroxyl groups is 1. The van der Waals surface area contributed by atoms with Crippen LogP contribution in [-0.2, 0) is 0 Å². The highest BCUT2D eigenvalue weighted by Crippen LogP contribution is 2.22. The van der Waals surface area contributed by atoms with Crippen molar-refractivity contribution in [3.63, 3.8) is 0 Å². The van der Waals surface area contributed by atoms with Crippen molar-refractivity contribution in [3.8, 4) is 0 Å². The molecular formula is C11H23NOS. The van der Waals surface area contributed by atoms with Crippen LogP contribution in [0.1, 0.15) is 39.5 Å². The van der Waals surface area contributed by atoms with E-state index in [1.807, 2.05) is 0 Å². The monoisotopic (exact) mass is 217 g/mol. The quantitative estimate of drug-likeness (QED) is 0.739. The Kier molecular flexibility index (Phi) is 5.28. The van der Waals surface area contributed by atoms with Crippen molar-refractivity contribution >= 4 is 11.8 Å². The van der Waals surface area contributed by atoms with Gasteiger partial charge < -0.3 is 10.4 Å². The third-order valence-electron chi connectivity index (χ3n) is 3.22. The molecule has 1 fully saturated rings. The highest BCUT2D eigenvalue weighted by Gasteiger charge is 2.25. The van der Waals surface area contributed by atoms with Gasteiger partial charge in [-0.2, -0.15) is 11.8 Å². The van der Waals surface area contributed by atoms with Gasteiger partial charge in [-0.05, 0) is 44.1 Å². The van der Waals surface area contributed by atoms with Crippen LogP contribution in [0, 0.1) is 0 Å². The first-order chi connectivity index (χ1) is 6.70. The smallest absolute Gasteiger partial charge is 0.0448 e. The van der Waals surface area contributed by atoms with Gasteiger partial charge in [-0.3, -0.25) is 0 Å². The molecule has 0 saturated carbocycles. The molecule has 1 aliphatic rings. The van der Waals surface area contributed by atoms with E-state index < -0.39 is 0 Å². The maximum Gasteiger partial charge on any atom is 0.0448 e. The molecule has 84 valence electrons. The standard InChI is InChI=1S/C11H23NOS/c1-3-11(2,6-7-13)12-10-4-8-14-9-5-10/h10,12-13H,3-9H2,1-2H3. The van der Waals surface area contributed by atoms with E-state index in [0.717, 1.165) is 12.8 Å². The van der Waals surface area contributed by atoms with Gasteiger partial charge in [0.1, 0.15) is 0 Å². The molecule has 0 amide bonds. The van der Waals surface area contributed by atoms with E-state index in [-0.39, 0.29) is 5.54 Å². The maximum atomic E-state index is 9.02. The molecule has 3 heteroatoms. The highest BCUT2D eigenvalue weighted by atomic mass is 32.2. The fourth-order valence-electron chi connectivity index (χ4n) is 1.93. The summed E-state index contributed by atoms with van der Waals surface area (Å²) in [5.41, 5.74) is 0.140. The molecule has 0 aromatic heterocycles. The number of rotatable bonds is 5. The van der Waals surface area contributed by atoms with Crippen molar-refractivity contribution in [1.29, 1.82) is 0 Å². The van der Waals surface area contributed by atoms with Gasteiger partial charge >= 0.3 is 0 Å². The van der Waals surface area contributed by atoms with E-state index in [4.69, 9.17) is 5.11 Å². The molecule has 1 atom stereocenters. The second-order valence-electron chi connectivity index (χ2n) is 4.42. The molecule has 1 unspecified atom stereocenters. The lowest BCUT2D eigenvalue weighted by Crippen LogP contribution is -2.49. The number of hydrogen-bond donors (Lipinski definition) is 2. The number of thioether (sulfide) groups is 1. The minimum Gasteiger partial charge on any atom is -0.396 e. The van der Waals surface area contributed by atoms with Crippen molar-refractivity contribution in [2.45, 2.75) is 51.1 Å². The normalized spacial score (nSPS) is 23.4. The van der Waals surface area contributed by atoms with Gasteiger partial charge in [0.2, 0.25) is 0 Å². The van der Waals surface area contributed by atoms with E-state index >= 15 is 0 Å². The Bertz CT molecular complexity index is 159. The number of nitrogens with one attached hydrogen (secondary N) is 1. The zero-order valence-corrected chi connectivity index (χ0v) is 10.2. The zero-order valence-electron chi connectivity index (χ0n) is 9.38. The SMILES string of the molecule is CCC(C)(CCO)NC1CCSCC1.